The number of aryl methyl sites for hydroxylation is 1. The third kappa shape index (κ3) is 3.94. The standard InChI is InChI=1S/C19H22N2O4S/c1-13-5-11-16(12-6-13)26(24,25)21(18(20)23)15-9-7-14(8-10-15)17(22)19(2,3)4/h5-12H,1-4H3,(H2,20,23). The Labute approximate surface area is 153 Å². The van der Waals surface area contributed by atoms with Gasteiger partial charge in [0.25, 0.3) is 10.0 Å². The maximum atomic E-state index is 12.8. The fourth-order valence-electron chi connectivity index (χ4n) is 2.38. The summed E-state index contributed by atoms with van der Waals surface area (Å²) in [4.78, 5) is 24.1. The third-order valence-corrected chi connectivity index (χ3v) is 5.54. The molecule has 26 heavy (non-hydrogen) atoms. The highest BCUT2D eigenvalue weighted by molar-refractivity contribution is 7.93. The highest BCUT2D eigenvalue weighted by Crippen LogP contribution is 2.26. The second-order valence-electron chi connectivity index (χ2n) is 7.05. The summed E-state index contributed by atoms with van der Waals surface area (Å²) in [5.41, 5.74) is 6.15. The van der Waals surface area contributed by atoms with Crippen molar-refractivity contribution < 1.29 is 18.0 Å². The van der Waals surface area contributed by atoms with Crippen molar-refractivity contribution in [2.24, 2.45) is 11.1 Å². The van der Waals surface area contributed by atoms with Crippen LogP contribution >= 0.6 is 0 Å². The molecule has 0 aliphatic carbocycles. The molecule has 7 heteroatoms. The Morgan fingerprint density at radius 1 is 0.923 bits per heavy atom. The van der Waals surface area contributed by atoms with Gasteiger partial charge in [-0.2, -0.15) is 4.31 Å². The predicted molar refractivity (Wildman–Crippen MR) is 101 cm³/mol. The number of carbonyl (C=O) groups excluding carboxylic acids is 2. The molecule has 6 nitrogen and oxygen atoms in total. The fourth-order valence-corrected chi connectivity index (χ4v) is 3.71. The number of hydrogen-bond donors (Lipinski definition) is 1. The number of nitrogens with two attached hydrogens (primary N) is 1. The van der Waals surface area contributed by atoms with Crippen molar-refractivity contribution >= 4 is 27.5 Å². The van der Waals surface area contributed by atoms with Crippen LogP contribution in [0.4, 0.5) is 10.5 Å². The summed E-state index contributed by atoms with van der Waals surface area (Å²) < 4.78 is 26.2. The zero-order valence-corrected chi connectivity index (χ0v) is 16.0. The second kappa shape index (κ2) is 6.92. The Kier molecular flexibility index (Phi) is 5.23. The first-order valence-electron chi connectivity index (χ1n) is 8.01. The Morgan fingerprint density at radius 2 is 1.42 bits per heavy atom. The lowest BCUT2D eigenvalue weighted by molar-refractivity contribution is 0.0858. The molecule has 0 saturated heterocycles. The van der Waals surface area contributed by atoms with Crippen LogP contribution in [0.15, 0.2) is 53.4 Å². The topological polar surface area (TPSA) is 97.5 Å². The van der Waals surface area contributed by atoms with Crippen LogP contribution in [0, 0.1) is 12.3 Å². The molecule has 2 aromatic rings. The molecule has 0 spiro atoms. The van der Waals surface area contributed by atoms with Gasteiger partial charge in [-0.3, -0.25) is 4.79 Å². The zero-order chi connectivity index (χ0) is 19.7. The van der Waals surface area contributed by atoms with Crippen LogP contribution in [-0.4, -0.2) is 20.2 Å². The molecule has 0 radical (unpaired) electrons. The van der Waals surface area contributed by atoms with E-state index in [1.807, 2.05) is 6.92 Å². The molecular formula is C19H22N2O4S. The highest BCUT2D eigenvalue weighted by Gasteiger charge is 2.30. The largest absolute Gasteiger partial charge is 0.350 e. The fraction of sp³-hybridized carbons (Fsp3) is 0.263. The van der Waals surface area contributed by atoms with Gasteiger partial charge in [-0.1, -0.05) is 38.5 Å². The number of Topliss-reactive ketones (excluding diaryl/α,β-unsaturated/α-hetero) is 1. The molecule has 2 N–H and O–H groups in total. The van der Waals surface area contributed by atoms with Crippen molar-refractivity contribution in [1.29, 1.82) is 0 Å². The van der Waals surface area contributed by atoms with Gasteiger partial charge in [0.05, 0.1) is 10.6 Å². The summed E-state index contributed by atoms with van der Waals surface area (Å²) in [6, 6.07) is 10.8. The summed E-state index contributed by atoms with van der Waals surface area (Å²) >= 11 is 0. The van der Waals surface area contributed by atoms with E-state index in [2.05, 4.69) is 0 Å². The van der Waals surface area contributed by atoms with Gasteiger partial charge in [0.1, 0.15) is 0 Å². The normalized spacial score (nSPS) is 11.8. The van der Waals surface area contributed by atoms with Crippen molar-refractivity contribution in [3.8, 4) is 0 Å². The van der Waals surface area contributed by atoms with Crippen molar-refractivity contribution in [2.45, 2.75) is 32.6 Å². The molecule has 0 fully saturated rings. The molecule has 0 aliphatic heterocycles. The lowest BCUT2D eigenvalue weighted by atomic mass is 9.86. The number of rotatable bonds is 4. The Morgan fingerprint density at radius 3 is 1.85 bits per heavy atom. The molecule has 0 aromatic heterocycles. The van der Waals surface area contributed by atoms with Gasteiger partial charge in [0, 0.05) is 11.0 Å². The maximum absolute atomic E-state index is 12.8. The molecule has 138 valence electrons. The van der Waals surface area contributed by atoms with Gasteiger partial charge < -0.3 is 5.73 Å². The summed E-state index contributed by atoms with van der Waals surface area (Å²) in [7, 11) is -4.16. The average Bonchev–Trinajstić information content (AvgIpc) is 2.54. The molecule has 0 atom stereocenters. The van der Waals surface area contributed by atoms with Gasteiger partial charge in [0.15, 0.2) is 5.78 Å². The predicted octanol–water partition coefficient (Wildman–Crippen LogP) is 3.50. The van der Waals surface area contributed by atoms with Crippen LogP contribution in [0.1, 0.15) is 36.7 Å². The molecular weight excluding hydrogens is 352 g/mol. The van der Waals surface area contributed by atoms with Crippen LogP contribution in [0.2, 0.25) is 0 Å². The van der Waals surface area contributed by atoms with Crippen molar-refractivity contribution in [3.05, 3.63) is 59.7 Å². The van der Waals surface area contributed by atoms with Crippen molar-refractivity contribution in [3.63, 3.8) is 0 Å². The van der Waals surface area contributed by atoms with Crippen molar-refractivity contribution in [1.82, 2.24) is 0 Å². The van der Waals surface area contributed by atoms with E-state index in [-0.39, 0.29) is 16.4 Å². The number of carbonyl (C=O) groups is 2. The molecule has 0 bridgehead atoms. The van der Waals surface area contributed by atoms with Crippen LogP contribution in [0.3, 0.4) is 0 Å². The maximum Gasteiger partial charge on any atom is 0.333 e. The van der Waals surface area contributed by atoms with Crippen LogP contribution in [0.25, 0.3) is 0 Å². The van der Waals surface area contributed by atoms with E-state index < -0.39 is 21.5 Å². The lowest BCUT2D eigenvalue weighted by Crippen LogP contribution is -2.40. The Balaban J connectivity index is 2.46. The van der Waals surface area contributed by atoms with Gasteiger partial charge in [-0.15, -0.1) is 0 Å². The summed E-state index contributed by atoms with van der Waals surface area (Å²) in [5.74, 6) is -0.0870. The van der Waals surface area contributed by atoms with Gasteiger partial charge in [0.2, 0.25) is 0 Å². The highest BCUT2D eigenvalue weighted by atomic mass is 32.2. The second-order valence-corrected chi connectivity index (χ2v) is 8.83. The molecule has 0 saturated carbocycles. The first-order chi connectivity index (χ1) is 11.9. The number of amides is 2. The van der Waals surface area contributed by atoms with E-state index in [0.717, 1.165) is 5.56 Å². The minimum atomic E-state index is -4.16. The zero-order valence-electron chi connectivity index (χ0n) is 15.2. The first kappa shape index (κ1) is 19.7. The van der Waals surface area contributed by atoms with Crippen LogP contribution in [-0.2, 0) is 10.0 Å². The Bertz CT molecular complexity index is 925. The number of sulfonamides is 1. The molecule has 0 unspecified atom stereocenters. The molecule has 2 aromatic carbocycles. The molecule has 0 heterocycles. The quantitative estimate of drug-likeness (QED) is 0.828. The Hall–Kier alpha value is -2.67. The molecule has 2 amide bonds. The van der Waals surface area contributed by atoms with Crippen LogP contribution < -0.4 is 10.0 Å². The number of benzene rings is 2. The summed E-state index contributed by atoms with van der Waals surface area (Å²) in [5, 5.41) is 0. The number of urea groups is 1. The van der Waals surface area contributed by atoms with E-state index in [0.29, 0.717) is 9.87 Å². The van der Waals surface area contributed by atoms with Gasteiger partial charge in [-0.25, -0.2) is 13.2 Å². The van der Waals surface area contributed by atoms with E-state index >= 15 is 0 Å². The van der Waals surface area contributed by atoms with Crippen LogP contribution in [0.5, 0.6) is 0 Å². The number of nitrogens with zero attached hydrogens (tertiary/aromatic N) is 1. The van der Waals surface area contributed by atoms with Gasteiger partial charge >= 0.3 is 6.03 Å². The van der Waals surface area contributed by atoms with E-state index in [1.54, 1.807) is 32.9 Å². The van der Waals surface area contributed by atoms with E-state index in [9.17, 15) is 18.0 Å². The van der Waals surface area contributed by atoms with E-state index in [1.165, 1.54) is 36.4 Å². The number of primary amides is 1. The van der Waals surface area contributed by atoms with E-state index in [4.69, 9.17) is 5.73 Å². The number of hydrogen-bond acceptors (Lipinski definition) is 4. The average molecular weight is 374 g/mol. The summed E-state index contributed by atoms with van der Waals surface area (Å²) in [6.45, 7) is 7.20. The molecule has 0 aliphatic rings. The lowest BCUT2D eigenvalue weighted by Gasteiger charge is -2.21. The SMILES string of the molecule is Cc1ccc(S(=O)(=O)N(C(N)=O)c2ccc(C(=O)C(C)(C)C)cc2)cc1. The number of anilines is 1. The molecule has 2 rings (SSSR count). The monoisotopic (exact) mass is 374 g/mol. The first-order valence-corrected chi connectivity index (χ1v) is 9.45. The smallest absolute Gasteiger partial charge is 0.333 e. The van der Waals surface area contributed by atoms with Crippen molar-refractivity contribution in [2.75, 3.05) is 4.31 Å². The third-order valence-electron chi connectivity index (χ3n) is 3.80. The summed E-state index contributed by atoms with van der Waals surface area (Å²) in [6.07, 6.45) is 0. The number of ketones is 1. The minimum Gasteiger partial charge on any atom is -0.350 e. The van der Waals surface area contributed by atoms with Gasteiger partial charge in [-0.05, 0) is 43.3 Å². The minimum absolute atomic E-state index is 0.0447.